The van der Waals surface area contributed by atoms with Crippen molar-refractivity contribution in [2.75, 3.05) is 6.54 Å². The van der Waals surface area contributed by atoms with Gasteiger partial charge in [0, 0.05) is 18.0 Å². The number of aromatic nitrogens is 2. The van der Waals surface area contributed by atoms with Crippen molar-refractivity contribution in [2.45, 2.75) is 32.9 Å². The van der Waals surface area contributed by atoms with Crippen LogP contribution in [0.5, 0.6) is 0 Å². The van der Waals surface area contributed by atoms with Gasteiger partial charge >= 0.3 is 0 Å². The molecule has 0 aliphatic carbocycles. The van der Waals surface area contributed by atoms with Gasteiger partial charge in [0.25, 0.3) is 0 Å². The van der Waals surface area contributed by atoms with E-state index in [1.807, 2.05) is 12.3 Å². The number of rotatable bonds is 5. The fourth-order valence-corrected chi connectivity index (χ4v) is 1.77. The Kier molecular flexibility index (Phi) is 3.57. The highest BCUT2D eigenvalue weighted by molar-refractivity contribution is 5.78. The maximum atomic E-state index is 4.39. The number of para-hydroxylation sites is 1. The first kappa shape index (κ1) is 11.1. The molecule has 1 unspecified atom stereocenters. The topological polar surface area (TPSA) is 29.9 Å². The van der Waals surface area contributed by atoms with Crippen molar-refractivity contribution in [2.24, 2.45) is 0 Å². The fourth-order valence-electron chi connectivity index (χ4n) is 1.77. The molecule has 0 fully saturated rings. The van der Waals surface area contributed by atoms with Gasteiger partial charge in [-0.15, -0.1) is 0 Å². The van der Waals surface area contributed by atoms with E-state index in [0.29, 0.717) is 6.04 Å². The van der Waals surface area contributed by atoms with Crippen molar-refractivity contribution in [1.29, 1.82) is 0 Å². The predicted octanol–water partition coefficient (Wildman–Crippen LogP) is 2.42. The molecular weight excluding hydrogens is 198 g/mol. The van der Waals surface area contributed by atoms with Crippen LogP contribution in [0.3, 0.4) is 0 Å². The molecule has 0 spiro atoms. The van der Waals surface area contributed by atoms with Gasteiger partial charge in [0.15, 0.2) is 0 Å². The van der Waals surface area contributed by atoms with Crippen LogP contribution in [0, 0.1) is 0 Å². The first-order valence-corrected chi connectivity index (χ1v) is 5.95. The third kappa shape index (κ3) is 2.42. The highest BCUT2D eigenvalue weighted by atomic mass is 15.3. The minimum atomic E-state index is 0.585. The van der Waals surface area contributed by atoms with E-state index in [0.717, 1.165) is 13.1 Å². The summed E-state index contributed by atoms with van der Waals surface area (Å²) in [7, 11) is 0. The van der Waals surface area contributed by atoms with Crippen LogP contribution < -0.4 is 5.32 Å². The molecule has 86 valence electrons. The average molecular weight is 217 g/mol. The van der Waals surface area contributed by atoms with Gasteiger partial charge in [-0.1, -0.05) is 25.1 Å². The van der Waals surface area contributed by atoms with Gasteiger partial charge in [0.05, 0.1) is 18.3 Å². The van der Waals surface area contributed by atoms with E-state index in [2.05, 4.69) is 47.1 Å². The van der Waals surface area contributed by atoms with Gasteiger partial charge in [0.2, 0.25) is 0 Å². The molecule has 2 rings (SSSR count). The minimum Gasteiger partial charge on any atom is -0.312 e. The summed E-state index contributed by atoms with van der Waals surface area (Å²) in [5, 5.41) is 9.08. The Hall–Kier alpha value is -1.35. The lowest BCUT2D eigenvalue weighted by Crippen LogP contribution is -2.28. The quantitative estimate of drug-likeness (QED) is 0.833. The Morgan fingerprint density at radius 3 is 3.00 bits per heavy atom. The number of nitrogens with zero attached hydrogens (tertiary/aromatic N) is 2. The Morgan fingerprint density at radius 1 is 1.38 bits per heavy atom. The van der Waals surface area contributed by atoms with Crippen molar-refractivity contribution >= 4 is 10.9 Å². The van der Waals surface area contributed by atoms with Crippen LogP contribution in [0.15, 0.2) is 30.5 Å². The Labute approximate surface area is 96.5 Å². The van der Waals surface area contributed by atoms with Gasteiger partial charge in [-0.25, -0.2) is 0 Å². The number of hydrogen-bond donors (Lipinski definition) is 1. The van der Waals surface area contributed by atoms with E-state index in [4.69, 9.17) is 0 Å². The number of nitrogens with one attached hydrogen (secondary N) is 1. The number of hydrogen-bond acceptors (Lipinski definition) is 2. The third-order valence-corrected chi connectivity index (χ3v) is 2.98. The first-order chi connectivity index (χ1) is 7.81. The largest absolute Gasteiger partial charge is 0.312 e. The van der Waals surface area contributed by atoms with Crippen molar-refractivity contribution in [1.82, 2.24) is 15.1 Å². The molecule has 3 nitrogen and oxygen atoms in total. The van der Waals surface area contributed by atoms with Crippen LogP contribution in [-0.2, 0) is 6.54 Å². The zero-order valence-corrected chi connectivity index (χ0v) is 9.98. The Bertz CT molecular complexity index is 447. The summed E-state index contributed by atoms with van der Waals surface area (Å²) in [4.78, 5) is 0. The molecule has 0 saturated carbocycles. The van der Waals surface area contributed by atoms with Crippen LogP contribution in [0.1, 0.15) is 20.3 Å². The summed E-state index contributed by atoms with van der Waals surface area (Å²) < 4.78 is 2.06. The highest BCUT2D eigenvalue weighted by Gasteiger charge is 2.01. The summed E-state index contributed by atoms with van der Waals surface area (Å²) >= 11 is 0. The Morgan fingerprint density at radius 2 is 2.19 bits per heavy atom. The summed E-state index contributed by atoms with van der Waals surface area (Å²) in [5.41, 5.74) is 1.22. The monoisotopic (exact) mass is 217 g/mol. The van der Waals surface area contributed by atoms with Crippen molar-refractivity contribution in [3.05, 3.63) is 30.5 Å². The van der Waals surface area contributed by atoms with Crippen LogP contribution in [0.2, 0.25) is 0 Å². The van der Waals surface area contributed by atoms with E-state index in [-0.39, 0.29) is 0 Å². The lowest BCUT2D eigenvalue weighted by molar-refractivity contribution is 0.493. The first-order valence-electron chi connectivity index (χ1n) is 5.95. The second kappa shape index (κ2) is 5.12. The molecule has 1 N–H and O–H groups in total. The Balaban J connectivity index is 1.99. The van der Waals surface area contributed by atoms with Crippen molar-refractivity contribution in [3.8, 4) is 0 Å². The molecule has 2 aromatic rings. The fraction of sp³-hybridized carbons (Fsp3) is 0.462. The lowest BCUT2D eigenvalue weighted by Gasteiger charge is -2.11. The van der Waals surface area contributed by atoms with E-state index in [1.54, 1.807) is 0 Å². The molecule has 0 saturated heterocycles. The van der Waals surface area contributed by atoms with Crippen LogP contribution in [-0.4, -0.2) is 22.4 Å². The minimum absolute atomic E-state index is 0.585. The molecule has 0 aliphatic rings. The molecule has 1 aromatic heterocycles. The van der Waals surface area contributed by atoms with Gasteiger partial charge in [-0.05, 0) is 19.4 Å². The van der Waals surface area contributed by atoms with Crippen LogP contribution in [0.25, 0.3) is 10.9 Å². The molecule has 1 atom stereocenters. The molecule has 0 bridgehead atoms. The van der Waals surface area contributed by atoms with Gasteiger partial charge in [0.1, 0.15) is 0 Å². The zero-order chi connectivity index (χ0) is 11.4. The average Bonchev–Trinajstić information content (AvgIpc) is 2.73. The molecule has 0 amide bonds. The molecule has 16 heavy (non-hydrogen) atoms. The maximum Gasteiger partial charge on any atom is 0.0682 e. The van der Waals surface area contributed by atoms with E-state index in [9.17, 15) is 0 Å². The van der Waals surface area contributed by atoms with Gasteiger partial charge in [-0.3, -0.25) is 4.68 Å². The molecular formula is C13H19N3. The standard InChI is InChI=1S/C13H19N3/c1-3-11(2)14-8-9-16-13-7-5-4-6-12(13)10-15-16/h4-7,10-11,14H,3,8-9H2,1-2H3. The lowest BCUT2D eigenvalue weighted by atomic mass is 10.2. The molecule has 3 heteroatoms. The van der Waals surface area contributed by atoms with E-state index in [1.165, 1.54) is 17.3 Å². The van der Waals surface area contributed by atoms with E-state index >= 15 is 0 Å². The summed E-state index contributed by atoms with van der Waals surface area (Å²) in [5.74, 6) is 0. The number of benzene rings is 1. The van der Waals surface area contributed by atoms with Crippen molar-refractivity contribution < 1.29 is 0 Å². The van der Waals surface area contributed by atoms with Gasteiger partial charge < -0.3 is 5.32 Å². The SMILES string of the molecule is CCC(C)NCCn1ncc2ccccc21. The smallest absolute Gasteiger partial charge is 0.0682 e. The van der Waals surface area contributed by atoms with E-state index < -0.39 is 0 Å². The van der Waals surface area contributed by atoms with Crippen LogP contribution in [0.4, 0.5) is 0 Å². The third-order valence-electron chi connectivity index (χ3n) is 2.98. The normalized spacial score (nSPS) is 13.1. The van der Waals surface area contributed by atoms with Crippen LogP contribution >= 0.6 is 0 Å². The summed E-state index contributed by atoms with van der Waals surface area (Å²) in [6.07, 6.45) is 3.10. The molecule has 1 heterocycles. The molecule has 1 aromatic carbocycles. The van der Waals surface area contributed by atoms with Gasteiger partial charge in [-0.2, -0.15) is 5.10 Å². The zero-order valence-electron chi connectivity index (χ0n) is 9.98. The predicted molar refractivity (Wildman–Crippen MR) is 67.5 cm³/mol. The number of fused-ring (bicyclic) bond motifs is 1. The maximum absolute atomic E-state index is 4.39. The summed E-state index contributed by atoms with van der Waals surface area (Å²) in [6, 6.07) is 8.91. The second-order valence-corrected chi connectivity index (χ2v) is 4.19. The van der Waals surface area contributed by atoms with Crippen molar-refractivity contribution in [3.63, 3.8) is 0 Å². The molecule has 0 aliphatic heterocycles. The highest BCUT2D eigenvalue weighted by Crippen LogP contribution is 2.11. The molecule has 0 radical (unpaired) electrons. The summed E-state index contributed by atoms with van der Waals surface area (Å²) in [6.45, 7) is 6.31. The second-order valence-electron chi connectivity index (χ2n) is 4.19.